The molecule has 3 aromatic rings. The summed E-state index contributed by atoms with van der Waals surface area (Å²) < 4.78 is 40.0. The average Bonchev–Trinajstić information content (AvgIpc) is 2.83. The summed E-state index contributed by atoms with van der Waals surface area (Å²) in [6, 6.07) is 2.84. The molecule has 0 aliphatic carbocycles. The Morgan fingerprint density at radius 1 is 1.23 bits per heavy atom. The highest BCUT2D eigenvalue weighted by Crippen LogP contribution is 2.32. The van der Waals surface area contributed by atoms with Crippen LogP contribution >= 0.6 is 0 Å². The van der Waals surface area contributed by atoms with Crippen LogP contribution in [0.2, 0.25) is 0 Å². The molecule has 22 heavy (non-hydrogen) atoms. The molecule has 0 aliphatic rings. The van der Waals surface area contributed by atoms with Gasteiger partial charge in [-0.2, -0.15) is 13.2 Å². The lowest BCUT2D eigenvalue weighted by Crippen LogP contribution is -2.05. The van der Waals surface area contributed by atoms with Crippen LogP contribution in [0.1, 0.15) is 18.1 Å². The summed E-state index contributed by atoms with van der Waals surface area (Å²) >= 11 is 0. The van der Waals surface area contributed by atoms with E-state index >= 15 is 0 Å². The zero-order valence-corrected chi connectivity index (χ0v) is 12.0. The fourth-order valence-corrected chi connectivity index (χ4v) is 2.40. The summed E-state index contributed by atoms with van der Waals surface area (Å²) in [6.07, 6.45) is 0.546. The zero-order valence-electron chi connectivity index (χ0n) is 12.0. The number of halogens is 3. The molecular weight excluding hydrogens is 293 g/mol. The molecule has 3 aromatic heterocycles. The number of aryl methyl sites for hydroxylation is 2. The normalized spacial score (nSPS) is 12.0. The van der Waals surface area contributed by atoms with Crippen LogP contribution in [-0.2, 0) is 19.6 Å². The molecule has 0 aliphatic heterocycles. The fraction of sp³-hybridized carbons (Fsp3) is 0.267. The third-order valence-corrected chi connectivity index (χ3v) is 3.56. The van der Waals surface area contributed by atoms with Crippen LogP contribution in [0.5, 0.6) is 0 Å². The molecule has 0 saturated heterocycles. The molecule has 114 valence electrons. The predicted octanol–water partition coefficient (Wildman–Crippen LogP) is 3.61. The van der Waals surface area contributed by atoms with E-state index in [4.69, 9.17) is 0 Å². The van der Waals surface area contributed by atoms with E-state index in [1.165, 1.54) is 0 Å². The molecular formula is C15H13F3N4. The van der Waals surface area contributed by atoms with Crippen molar-refractivity contribution in [3.05, 3.63) is 41.9 Å². The first kappa shape index (κ1) is 14.5. The Balaban J connectivity index is 2.22. The number of hydrogen-bond acceptors (Lipinski definition) is 3. The van der Waals surface area contributed by atoms with Crippen LogP contribution in [0.4, 0.5) is 13.2 Å². The SMILES string of the molecule is CCc1cnccc1-c1nc2cc(C(F)(F)F)cnc2n1C. The maximum absolute atomic E-state index is 12.8. The summed E-state index contributed by atoms with van der Waals surface area (Å²) in [5, 5.41) is 0. The van der Waals surface area contributed by atoms with Crippen molar-refractivity contribution >= 4 is 11.2 Å². The number of nitrogens with zero attached hydrogens (tertiary/aromatic N) is 4. The van der Waals surface area contributed by atoms with Crippen LogP contribution in [0, 0.1) is 0 Å². The first-order valence-electron chi connectivity index (χ1n) is 6.74. The largest absolute Gasteiger partial charge is 0.417 e. The van der Waals surface area contributed by atoms with Crippen LogP contribution in [0.15, 0.2) is 30.7 Å². The van der Waals surface area contributed by atoms with Gasteiger partial charge in [0.2, 0.25) is 0 Å². The highest BCUT2D eigenvalue weighted by molar-refractivity contribution is 5.78. The third kappa shape index (κ3) is 2.32. The van der Waals surface area contributed by atoms with Crippen LogP contribution in [-0.4, -0.2) is 19.5 Å². The highest BCUT2D eigenvalue weighted by atomic mass is 19.4. The topological polar surface area (TPSA) is 43.6 Å². The van der Waals surface area contributed by atoms with Gasteiger partial charge in [0.1, 0.15) is 11.3 Å². The summed E-state index contributed by atoms with van der Waals surface area (Å²) in [6.45, 7) is 1.99. The minimum atomic E-state index is -4.43. The minimum Gasteiger partial charge on any atom is -0.312 e. The molecule has 0 radical (unpaired) electrons. The van der Waals surface area contributed by atoms with Gasteiger partial charge in [0.05, 0.1) is 5.56 Å². The molecule has 0 bridgehead atoms. The van der Waals surface area contributed by atoms with Crippen molar-refractivity contribution in [1.29, 1.82) is 0 Å². The number of fused-ring (bicyclic) bond motifs is 1. The predicted molar refractivity (Wildman–Crippen MR) is 76.1 cm³/mol. The van der Waals surface area contributed by atoms with Gasteiger partial charge in [0, 0.05) is 31.2 Å². The molecule has 0 amide bonds. The van der Waals surface area contributed by atoms with E-state index < -0.39 is 11.7 Å². The van der Waals surface area contributed by atoms with Gasteiger partial charge in [-0.3, -0.25) is 4.98 Å². The number of imidazole rings is 1. The van der Waals surface area contributed by atoms with Crippen LogP contribution in [0.3, 0.4) is 0 Å². The molecule has 3 rings (SSSR count). The second-order valence-corrected chi connectivity index (χ2v) is 4.95. The van der Waals surface area contributed by atoms with Gasteiger partial charge >= 0.3 is 6.18 Å². The molecule has 7 heteroatoms. The number of hydrogen-bond donors (Lipinski definition) is 0. The van der Waals surface area contributed by atoms with Crippen molar-refractivity contribution in [1.82, 2.24) is 19.5 Å². The van der Waals surface area contributed by atoms with Crippen LogP contribution < -0.4 is 0 Å². The van der Waals surface area contributed by atoms with Crippen molar-refractivity contribution in [2.45, 2.75) is 19.5 Å². The molecule has 0 N–H and O–H groups in total. The lowest BCUT2D eigenvalue weighted by atomic mass is 10.1. The molecule has 4 nitrogen and oxygen atoms in total. The number of aromatic nitrogens is 4. The second-order valence-electron chi connectivity index (χ2n) is 4.95. The second kappa shape index (κ2) is 5.08. The molecule has 0 fully saturated rings. The van der Waals surface area contributed by atoms with Crippen molar-refractivity contribution < 1.29 is 13.2 Å². The molecule has 3 heterocycles. The summed E-state index contributed by atoms with van der Waals surface area (Å²) in [7, 11) is 1.74. The van der Waals surface area contributed by atoms with Crippen molar-refractivity contribution in [3.63, 3.8) is 0 Å². The minimum absolute atomic E-state index is 0.228. The Kier molecular flexibility index (Phi) is 3.35. The third-order valence-electron chi connectivity index (χ3n) is 3.56. The summed E-state index contributed by atoms with van der Waals surface area (Å²) in [5.74, 6) is 0.584. The van der Waals surface area contributed by atoms with E-state index in [0.29, 0.717) is 11.5 Å². The van der Waals surface area contributed by atoms with Gasteiger partial charge < -0.3 is 4.57 Å². The van der Waals surface area contributed by atoms with Gasteiger partial charge in [-0.15, -0.1) is 0 Å². The quantitative estimate of drug-likeness (QED) is 0.726. The Morgan fingerprint density at radius 3 is 2.68 bits per heavy atom. The lowest BCUT2D eigenvalue weighted by molar-refractivity contribution is -0.137. The lowest BCUT2D eigenvalue weighted by Gasteiger charge is -2.07. The van der Waals surface area contributed by atoms with E-state index in [1.807, 2.05) is 13.0 Å². The first-order valence-corrected chi connectivity index (χ1v) is 6.74. The van der Waals surface area contributed by atoms with Gasteiger partial charge in [0.25, 0.3) is 0 Å². The van der Waals surface area contributed by atoms with Crippen molar-refractivity contribution in [3.8, 4) is 11.4 Å². The maximum atomic E-state index is 12.8. The van der Waals surface area contributed by atoms with Gasteiger partial charge in [-0.25, -0.2) is 9.97 Å². The van der Waals surface area contributed by atoms with Gasteiger partial charge in [-0.1, -0.05) is 6.92 Å². The zero-order chi connectivity index (χ0) is 15.9. The Labute approximate surface area is 124 Å². The average molecular weight is 306 g/mol. The maximum Gasteiger partial charge on any atom is 0.417 e. The number of pyridine rings is 2. The molecule has 0 saturated carbocycles. The molecule has 0 spiro atoms. The molecule has 0 unspecified atom stereocenters. The molecule has 0 aromatic carbocycles. The molecule has 0 atom stereocenters. The summed E-state index contributed by atoms with van der Waals surface area (Å²) in [5.41, 5.74) is 1.69. The first-order chi connectivity index (χ1) is 10.4. The monoisotopic (exact) mass is 306 g/mol. The number of rotatable bonds is 2. The standard InChI is InChI=1S/C15H13F3N4/c1-3-9-7-19-5-4-11(9)13-21-12-6-10(15(16,17)18)8-20-14(12)22(13)2/h4-8H,3H2,1-2H3. The Hall–Kier alpha value is -2.44. The van der Waals surface area contributed by atoms with E-state index in [1.54, 1.807) is 24.0 Å². The summed E-state index contributed by atoms with van der Waals surface area (Å²) in [4.78, 5) is 12.3. The Bertz CT molecular complexity index is 836. The van der Waals surface area contributed by atoms with Gasteiger partial charge in [-0.05, 0) is 24.1 Å². The van der Waals surface area contributed by atoms with E-state index in [2.05, 4.69) is 15.0 Å². The van der Waals surface area contributed by atoms with E-state index in [-0.39, 0.29) is 5.52 Å². The van der Waals surface area contributed by atoms with Gasteiger partial charge in [0.15, 0.2) is 5.65 Å². The fourth-order valence-electron chi connectivity index (χ4n) is 2.40. The van der Waals surface area contributed by atoms with Crippen LogP contribution in [0.25, 0.3) is 22.6 Å². The van der Waals surface area contributed by atoms with Crippen molar-refractivity contribution in [2.24, 2.45) is 7.05 Å². The van der Waals surface area contributed by atoms with Crippen molar-refractivity contribution in [2.75, 3.05) is 0 Å². The highest BCUT2D eigenvalue weighted by Gasteiger charge is 2.31. The smallest absolute Gasteiger partial charge is 0.312 e. The number of alkyl halides is 3. The Morgan fingerprint density at radius 2 is 2.00 bits per heavy atom. The van der Waals surface area contributed by atoms with E-state index in [9.17, 15) is 13.2 Å². The van der Waals surface area contributed by atoms with E-state index in [0.717, 1.165) is 29.8 Å².